The SMILES string of the molecule is CCNc1cccc(NC)c1[N+](=O)[O-]. The van der Waals surface area contributed by atoms with E-state index in [9.17, 15) is 10.1 Å². The Morgan fingerprint density at radius 1 is 1.43 bits per heavy atom. The van der Waals surface area contributed by atoms with Gasteiger partial charge in [-0.1, -0.05) is 6.07 Å². The third kappa shape index (κ3) is 1.93. The molecule has 0 amide bonds. The van der Waals surface area contributed by atoms with E-state index in [0.29, 0.717) is 17.9 Å². The molecule has 0 saturated heterocycles. The van der Waals surface area contributed by atoms with E-state index >= 15 is 0 Å². The third-order valence-corrected chi connectivity index (χ3v) is 1.86. The molecule has 5 heteroatoms. The maximum absolute atomic E-state index is 10.8. The van der Waals surface area contributed by atoms with Gasteiger partial charge in [0.05, 0.1) is 4.92 Å². The first kappa shape index (κ1) is 10.3. The Balaban J connectivity index is 3.20. The number of nitrogens with one attached hydrogen (secondary N) is 2. The molecule has 0 heterocycles. The van der Waals surface area contributed by atoms with Crippen LogP contribution in [0.2, 0.25) is 0 Å². The summed E-state index contributed by atoms with van der Waals surface area (Å²) in [6, 6.07) is 5.15. The van der Waals surface area contributed by atoms with Gasteiger partial charge in [-0.2, -0.15) is 0 Å². The number of anilines is 2. The topological polar surface area (TPSA) is 67.2 Å². The van der Waals surface area contributed by atoms with Gasteiger partial charge in [-0.25, -0.2) is 0 Å². The van der Waals surface area contributed by atoms with Gasteiger partial charge in [0.25, 0.3) is 0 Å². The fraction of sp³-hybridized carbons (Fsp3) is 0.333. The van der Waals surface area contributed by atoms with Gasteiger partial charge in [-0.3, -0.25) is 10.1 Å². The molecule has 0 fully saturated rings. The van der Waals surface area contributed by atoms with E-state index in [0.717, 1.165) is 0 Å². The Bertz CT molecular complexity index is 339. The van der Waals surface area contributed by atoms with Crippen molar-refractivity contribution >= 4 is 17.1 Å². The first-order chi connectivity index (χ1) is 6.70. The minimum atomic E-state index is -0.385. The van der Waals surface area contributed by atoms with Gasteiger partial charge in [0.1, 0.15) is 11.4 Å². The van der Waals surface area contributed by atoms with E-state index in [1.54, 1.807) is 25.2 Å². The van der Waals surface area contributed by atoms with Gasteiger partial charge in [0.2, 0.25) is 0 Å². The quantitative estimate of drug-likeness (QED) is 0.570. The van der Waals surface area contributed by atoms with Crippen molar-refractivity contribution in [2.75, 3.05) is 24.2 Å². The van der Waals surface area contributed by atoms with Gasteiger partial charge in [0, 0.05) is 13.6 Å². The highest BCUT2D eigenvalue weighted by Crippen LogP contribution is 2.32. The van der Waals surface area contributed by atoms with Crippen LogP contribution in [-0.2, 0) is 0 Å². The Labute approximate surface area is 82.3 Å². The second-order valence-electron chi connectivity index (χ2n) is 2.74. The summed E-state index contributed by atoms with van der Waals surface area (Å²) < 4.78 is 0. The zero-order chi connectivity index (χ0) is 10.6. The number of nitro groups is 1. The lowest BCUT2D eigenvalue weighted by molar-refractivity contribution is -0.383. The molecule has 0 bridgehead atoms. The normalized spacial score (nSPS) is 9.57. The van der Waals surface area contributed by atoms with E-state index in [1.165, 1.54) is 0 Å². The fourth-order valence-corrected chi connectivity index (χ4v) is 1.28. The summed E-state index contributed by atoms with van der Waals surface area (Å²) in [5.41, 5.74) is 1.16. The van der Waals surface area contributed by atoms with Crippen molar-refractivity contribution in [3.8, 4) is 0 Å². The summed E-state index contributed by atoms with van der Waals surface area (Å²) in [7, 11) is 1.66. The van der Waals surface area contributed by atoms with Crippen molar-refractivity contribution < 1.29 is 4.92 Å². The summed E-state index contributed by atoms with van der Waals surface area (Å²) in [4.78, 5) is 10.4. The van der Waals surface area contributed by atoms with Crippen LogP contribution >= 0.6 is 0 Å². The highest BCUT2D eigenvalue weighted by Gasteiger charge is 2.17. The Morgan fingerprint density at radius 3 is 2.57 bits per heavy atom. The van der Waals surface area contributed by atoms with Crippen molar-refractivity contribution in [2.45, 2.75) is 6.92 Å². The lowest BCUT2D eigenvalue weighted by atomic mass is 10.2. The average Bonchev–Trinajstić information content (AvgIpc) is 2.17. The van der Waals surface area contributed by atoms with E-state index in [1.807, 2.05) is 6.92 Å². The summed E-state index contributed by atoms with van der Waals surface area (Å²) >= 11 is 0. The first-order valence-corrected chi connectivity index (χ1v) is 4.39. The molecular formula is C9H13N3O2. The molecule has 0 unspecified atom stereocenters. The summed E-state index contributed by atoms with van der Waals surface area (Å²) in [6.45, 7) is 2.56. The second kappa shape index (κ2) is 4.45. The molecule has 0 radical (unpaired) electrons. The number of hydrogen-bond donors (Lipinski definition) is 2. The lowest BCUT2D eigenvalue weighted by Crippen LogP contribution is -2.03. The van der Waals surface area contributed by atoms with Gasteiger partial charge in [0.15, 0.2) is 0 Å². The van der Waals surface area contributed by atoms with E-state index in [-0.39, 0.29) is 10.6 Å². The standard InChI is InChI=1S/C9H13N3O2/c1-3-11-8-6-4-5-7(10-2)9(8)12(13)14/h4-6,10-11H,3H2,1-2H3. The first-order valence-electron chi connectivity index (χ1n) is 4.39. The molecule has 5 nitrogen and oxygen atoms in total. The fourth-order valence-electron chi connectivity index (χ4n) is 1.28. The highest BCUT2D eigenvalue weighted by atomic mass is 16.6. The number of para-hydroxylation sites is 1. The van der Waals surface area contributed by atoms with Crippen molar-refractivity contribution in [3.63, 3.8) is 0 Å². The van der Waals surface area contributed by atoms with Crippen LogP contribution in [0.3, 0.4) is 0 Å². The maximum Gasteiger partial charge on any atom is 0.315 e. The van der Waals surface area contributed by atoms with Crippen LogP contribution in [0, 0.1) is 10.1 Å². The molecule has 1 aromatic rings. The average molecular weight is 195 g/mol. The summed E-state index contributed by atoms with van der Waals surface area (Å²) in [5, 5.41) is 16.5. The molecule has 2 N–H and O–H groups in total. The van der Waals surface area contributed by atoms with Gasteiger partial charge < -0.3 is 10.6 Å². The van der Waals surface area contributed by atoms with Gasteiger partial charge in [-0.15, -0.1) is 0 Å². The van der Waals surface area contributed by atoms with Crippen molar-refractivity contribution in [2.24, 2.45) is 0 Å². The monoisotopic (exact) mass is 195 g/mol. The molecule has 0 saturated carbocycles. The van der Waals surface area contributed by atoms with Crippen LogP contribution in [-0.4, -0.2) is 18.5 Å². The van der Waals surface area contributed by atoms with Crippen LogP contribution in [0.15, 0.2) is 18.2 Å². The lowest BCUT2D eigenvalue weighted by Gasteiger charge is -2.07. The predicted octanol–water partition coefficient (Wildman–Crippen LogP) is 2.07. The molecule has 0 aromatic heterocycles. The third-order valence-electron chi connectivity index (χ3n) is 1.86. The number of nitro benzene ring substituents is 1. The molecular weight excluding hydrogens is 182 g/mol. The van der Waals surface area contributed by atoms with Crippen LogP contribution in [0.1, 0.15) is 6.92 Å². The van der Waals surface area contributed by atoms with Crippen molar-refractivity contribution in [1.29, 1.82) is 0 Å². The van der Waals surface area contributed by atoms with Gasteiger partial charge >= 0.3 is 5.69 Å². The highest BCUT2D eigenvalue weighted by molar-refractivity contribution is 5.75. The number of hydrogen-bond acceptors (Lipinski definition) is 4. The van der Waals surface area contributed by atoms with E-state index in [2.05, 4.69) is 10.6 Å². The minimum Gasteiger partial charge on any atom is -0.382 e. The summed E-state index contributed by atoms with van der Waals surface area (Å²) in [6.07, 6.45) is 0. The maximum atomic E-state index is 10.8. The zero-order valence-electron chi connectivity index (χ0n) is 8.20. The minimum absolute atomic E-state index is 0.0943. The smallest absolute Gasteiger partial charge is 0.315 e. The van der Waals surface area contributed by atoms with E-state index < -0.39 is 0 Å². The molecule has 76 valence electrons. The predicted molar refractivity (Wildman–Crippen MR) is 56.8 cm³/mol. The molecule has 0 aliphatic heterocycles. The number of rotatable bonds is 4. The Hall–Kier alpha value is -1.78. The number of nitrogens with zero attached hydrogens (tertiary/aromatic N) is 1. The zero-order valence-corrected chi connectivity index (χ0v) is 8.20. The molecule has 0 aliphatic rings. The van der Waals surface area contributed by atoms with Crippen molar-refractivity contribution in [1.82, 2.24) is 0 Å². The Morgan fingerprint density at radius 2 is 2.07 bits per heavy atom. The molecule has 0 atom stereocenters. The summed E-state index contributed by atoms with van der Waals surface area (Å²) in [5.74, 6) is 0. The molecule has 1 aromatic carbocycles. The van der Waals surface area contributed by atoms with E-state index in [4.69, 9.17) is 0 Å². The van der Waals surface area contributed by atoms with Crippen molar-refractivity contribution in [3.05, 3.63) is 28.3 Å². The van der Waals surface area contributed by atoms with Crippen LogP contribution < -0.4 is 10.6 Å². The Kier molecular flexibility index (Phi) is 3.28. The largest absolute Gasteiger partial charge is 0.382 e. The second-order valence-corrected chi connectivity index (χ2v) is 2.74. The number of benzene rings is 1. The molecule has 0 spiro atoms. The van der Waals surface area contributed by atoms with Gasteiger partial charge in [-0.05, 0) is 19.1 Å². The van der Waals surface area contributed by atoms with Crippen LogP contribution in [0.4, 0.5) is 17.1 Å². The molecule has 0 aliphatic carbocycles. The molecule has 1 rings (SSSR count). The van der Waals surface area contributed by atoms with Crippen LogP contribution in [0.5, 0.6) is 0 Å². The molecule has 14 heavy (non-hydrogen) atoms. The van der Waals surface area contributed by atoms with Crippen LogP contribution in [0.25, 0.3) is 0 Å².